The van der Waals surface area contributed by atoms with Crippen LogP contribution >= 0.6 is 21.6 Å². The summed E-state index contributed by atoms with van der Waals surface area (Å²) in [6, 6.07) is 15.3. The number of aryl methyl sites for hydroxylation is 2. The van der Waals surface area contributed by atoms with Gasteiger partial charge >= 0.3 is 0 Å². The van der Waals surface area contributed by atoms with Crippen LogP contribution in [0.2, 0.25) is 0 Å². The average molecular weight is 361 g/mol. The summed E-state index contributed by atoms with van der Waals surface area (Å²) in [5.41, 5.74) is 3.71. The Balaban J connectivity index is 1.67. The molecule has 0 aromatic heterocycles. The molecule has 2 rings (SSSR count). The van der Waals surface area contributed by atoms with Crippen LogP contribution in [0, 0.1) is 13.8 Å². The second-order valence-electron chi connectivity index (χ2n) is 5.25. The van der Waals surface area contributed by atoms with Gasteiger partial charge in [-0.25, -0.2) is 0 Å². The van der Waals surface area contributed by atoms with E-state index >= 15 is 0 Å². The summed E-state index contributed by atoms with van der Waals surface area (Å²) in [6.07, 6.45) is 0. The van der Waals surface area contributed by atoms with Gasteiger partial charge in [0.25, 0.3) is 0 Å². The number of hydrogen-bond donors (Lipinski definition) is 2. The van der Waals surface area contributed by atoms with Crippen molar-refractivity contribution in [2.75, 3.05) is 22.1 Å². The van der Waals surface area contributed by atoms with E-state index in [1.165, 1.54) is 21.6 Å². The molecular weight excluding hydrogens is 340 g/mol. The number of anilines is 2. The largest absolute Gasteiger partial charge is 0.325 e. The Morgan fingerprint density at radius 2 is 1.12 bits per heavy atom. The Morgan fingerprint density at radius 3 is 1.50 bits per heavy atom. The summed E-state index contributed by atoms with van der Waals surface area (Å²) >= 11 is 0. The van der Waals surface area contributed by atoms with Gasteiger partial charge in [-0.15, -0.1) is 0 Å². The monoisotopic (exact) mass is 360 g/mol. The lowest BCUT2D eigenvalue weighted by molar-refractivity contribution is -0.114. The number of para-hydroxylation sites is 2. The molecule has 2 N–H and O–H groups in total. The van der Waals surface area contributed by atoms with Crippen molar-refractivity contribution in [2.24, 2.45) is 0 Å². The number of carbonyl (C=O) groups excluding carboxylic acids is 2. The standard InChI is InChI=1S/C18H20N2O2S2/c1-13-7-3-5-9-15(13)19-17(21)11-23-24-12-18(22)20-16-10-6-4-8-14(16)2/h3-10H,11-12H2,1-2H3,(H,19,21)(H,20,22). The van der Waals surface area contributed by atoms with Crippen LogP contribution in [0.3, 0.4) is 0 Å². The normalized spacial score (nSPS) is 10.2. The molecule has 0 aliphatic carbocycles. The minimum Gasteiger partial charge on any atom is -0.325 e. The van der Waals surface area contributed by atoms with E-state index in [1.807, 2.05) is 62.4 Å². The molecular formula is C18H20N2O2S2. The van der Waals surface area contributed by atoms with Crippen molar-refractivity contribution in [1.29, 1.82) is 0 Å². The number of benzene rings is 2. The zero-order valence-corrected chi connectivity index (χ0v) is 15.3. The lowest BCUT2D eigenvalue weighted by atomic mass is 10.2. The summed E-state index contributed by atoms with van der Waals surface area (Å²) < 4.78 is 0. The first-order chi connectivity index (χ1) is 11.6. The number of rotatable bonds is 7. The molecule has 0 bridgehead atoms. The first-order valence-corrected chi connectivity index (χ1v) is 10.0. The summed E-state index contributed by atoms with van der Waals surface area (Å²) in [5.74, 6) is 0.468. The van der Waals surface area contributed by atoms with Gasteiger partial charge in [-0.1, -0.05) is 58.0 Å². The third-order valence-corrected chi connectivity index (χ3v) is 5.44. The molecule has 0 saturated heterocycles. The molecule has 2 aromatic carbocycles. The quantitative estimate of drug-likeness (QED) is 0.572. The van der Waals surface area contributed by atoms with E-state index in [4.69, 9.17) is 0 Å². The molecule has 24 heavy (non-hydrogen) atoms. The van der Waals surface area contributed by atoms with Crippen molar-refractivity contribution < 1.29 is 9.59 Å². The van der Waals surface area contributed by atoms with Crippen LogP contribution in [0.5, 0.6) is 0 Å². The highest BCUT2D eigenvalue weighted by atomic mass is 33.1. The molecule has 0 saturated carbocycles. The van der Waals surface area contributed by atoms with Gasteiger partial charge < -0.3 is 10.6 Å². The SMILES string of the molecule is Cc1ccccc1NC(=O)CSSCC(=O)Nc1ccccc1C. The lowest BCUT2D eigenvalue weighted by Gasteiger charge is -2.08. The van der Waals surface area contributed by atoms with Gasteiger partial charge in [0.1, 0.15) is 0 Å². The van der Waals surface area contributed by atoms with Crippen LogP contribution in [0.25, 0.3) is 0 Å². The molecule has 0 heterocycles. The zero-order chi connectivity index (χ0) is 17.4. The number of hydrogen-bond acceptors (Lipinski definition) is 4. The second-order valence-corrected chi connectivity index (χ2v) is 7.71. The van der Waals surface area contributed by atoms with Crippen molar-refractivity contribution >= 4 is 44.8 Å². The third kappa shape index (κ3) is 5.94. The molecule has 0 aliphatic rings. The maximum Gasteiger partial charge on any atom is 0.235 e. The number of nitrogens with one attached hydrogen (secondary N) is 2. The summed E-state index contributed by atoms with van der Waals surface area (Å²) in [7, 11) is 2.75. The van der Waals surface area contributed by atoms with Crippen LogP contribution < -0.4 is 10.6 Å². The predicted octanol–water partition coefficient (Wildman–Crippen LogP) is 4.26. The van der Waals surface area contributed by atoms with Crippen LogP contribution in [0.1, 0.15) is 11.1 Å². The maximum atomic E-state index is 11.9. The number of carbonyl (C=O) groups is 2. The summed E-state index contributed by atoms with van der Waals surface area (Å²) in [5, 5.41) is 5.74. The van der Waals surface area contributed by atoms with Gasteiger partial charge in [-0.2, -0.15) is 0 Å². The molecule has 0 aliphatic heterocycles. The smallest absolute Gasteiger partial charge is 0.235 e. The van der Waals surface area contributed by atoms with Gasteiger partial charge in [-0.05, 0) is 37.1 Å². The first kappa shape index (κ1) is 18.4. The first-order valence-electron chi connectivity index (χ1n) is 7.51. The molecule has 0 fully saturated rings. The van der Waals surface area contributed by atoms with Gasteiger partial charge in [0.05, 0.1) is 11.5 Å². The van der Waals surface area contributed by atoms with E-state index in [0.29, 0.717) is 11.5 Å². The van der Waals surface area contributed by atoms with E-state index in [-0.39, 0.29) is 11.8 Å². The van der Waals surface area contributed by atoms with Crippen molar-refractivity contribution in [3.05, 3.63) is 59.7 Å². The van der Waals surface area contributed by atoms with Gasteiger partial charge in [0.2, 0.25) is 11.8 Å². The van der Waals surface area contributed by atoms with Gasteiger partial charge in [0.15, 0.2) is 0 Å². The molecule has 2 amide bonds. The molecule has 6 heteroatoms. The van der Waals surface area contributed by atoms with Crippen molar-refractivity contribution in [3.8, 4) is 0 Å². The minimum atomic E-state index is -0.0684. The fraction of sp³-hybridized carbons (Fsp3) is 0.222. The summed E-state index contributed by atoms with van der Waals surface area (Å²) in [4.78, 5) is 23.8. The van der Waals surface area contributed by atoms with E-state index in [1.54, 1.807) is 0 Å². The second kappa shape index (κ2) is 9.39. The van der Waals surface area contributed by atoms with Crippen molar-refractivity contribution in [3.63, 3.8) is 0 Å². The molecule has 126 valence electrons. The maximum absolute atomic E-state index is 11.9. The van der Waals surface area contributed by atoms with E-state index in [9.17, 15) is 9.59 Å². The lowest BCUT2D eigenvalue weighted by Crippen LogP contribution is -2.16. The Bertz CT molecular complexity index is 658. The van der Waals surface area contributed by atoms with Gasteiger partial charge in [-0.3, -0.25) is 9.59 Å². The summed E-state index contributed by atoms with van der Waals surface area (Å²) in [6.45, 7) is 3.90. The van der Waals surface area contributed by atoms with Crippen LogP contribution in [0.4, 0.5) is 11.4 Å². The van der Waals surface area contributed by atoms with Crippen LogP contribution in [-0.2, 0) is 9.59 Å². The van der Waals surface area contributed by atoms with E-state index in [2.05, 4.69) is 10.6 Å². The average Bonchev–Trinajstić information content (AvgIpc) is 2.56. The van der Waals surface area contributed by atoms with Crippen LogP contribution in [0.15, 0.2) is 48.5 Å². The Kier molecular flexibility index (Phi) is 7.21. The van der Waals surface area contributed by atoms with Gasteiger partial charge in [0, 0.05) is 11.4 Å². The Labute approximate surface area is 150 Å². The fourth-order valence-corrected chi connectivity index (χ4v) is 3.66. The zero-order valence-electron chi connectivity index (χ0n) is 13.7. The minimum absolute atomic E-state index is 0.0684. The Hall–Kier alpha value is -1.92. The van der Waals surface area contributed by atoms with Crippen molar-refractivity contribution in [1.82, 2.24) is 0 Å². The highest BCUT2D eigenvalue weighted by molar-refractivity contribution is 8.77. The van der Waals surface area contributed by atoms with Crippen molar-refractivity contribution in [2.45, 2.75) is 13.8 Å². The van der Waals surface area contributed by atoms with E-state index < -0.39 is 0 Å². The number of amides is 2. The van der Waals surface area contributed by atoms with E-state index in [0.717, 1.165) is 22.5 Å². The highest BCUT2D eigenvalue weighted by Crippen LogP contribution is 2.22. The molecule has 0 spiro atoms. The fourth-order valence-electron chi connectivity index (χ4n) is 1.99. The van der Waals surface area contributed by atoms with Crippen LogP contribution in [-0.4, -0.2) is 23.3 Å². The molecule has 0 unspecified atom stereocenters. The third-order valence-electron chi connectivity index (χ3n) is 3.30. The predicted molar refractivity (Wildman–Crippen MR) is 105 cm³/mol. The molecule has 2 aromatic rings. The highest BCUT2D eigenvalue weighted by Gasteiger charge is 2.07. The molecule has 0 atom stereocenters. The molecule has 0 radical (unpaired) electrons. The Morgan fingerprint density at radius 1 is 0.750 bits per heavy atom. The molecule has 4 nitrogen and oxygen atoms in total. The topological polar surface area (TPSA) is 58.2 Å².